The number of aromatic hydroxyl groups is 1. The molecule has 0 saturated carbocycles. The minimum Gasteiger partial charge on any atom is -0.508 e. The van der Waals surface area contributed by atoms with Gasteiger partial charge in [-0.05, 0) is 98.0 Å². The third-order valence-corrected chi connectivity index (χ3v) is 6.75. The number of carbonyl (C=O) groups is 2. The van der Waals surface area contributed by atoms with Crippen LogP contribution in [0, 0.1) is 13.8 Å². The zero-order chi connectivity index (χ0) is 26.0. The quantitative estimate of drug-likeness (QED) is 0.438. The molecule has 0 aromatic heterocycles. The normalized spacial score (nSPS) is 15.7. The molecular weight excluding hydrogens is 478 g/mol. The van der Waals surface area contributed by atoms with Crippen LogP contribution in [0.15, 0.2) is 54.6 Å². The van der Waals surface area contributed by atoms with E-state index in [-0.39, 0.29) is 23.6 Å². The third-order valence-electron chi connectivity index (χ3n) is 6.49. The molecule has 0 saturated heterocycles. The van der Waals surface area contributed by atoms with Crippen LogP contribution in [0.1, 0.15) is 41.6 Å². The van der Waals surface area contributed by atoms with Gasteiger partial charge in [0.15, 0.2) is 0 Å². The zero-order valence-electron chi connectivity index (χ0n) is 20.5. The predicted molar refractivity (Wildman–Crippen MR) is 141 cm³/mol. The van der Waals surface area contributed by atoms with Gasteiger partial charge in [0.1, 0.15) is 17.2 Å². The molecule has 4 rings (SSSR count). The van der Waals surface area contributed by atoms with E-state index in [4.69, 9.17) is 22.1 Å². The number of nitrogens with zero attached hydrogens (tertiary/aromatic N) is 1. The van der Waals surface area contributed by atoms with E-state index in [0.29, 0.717) is 35.9 Å². The Balaban J connectivity index is 1.56. The number of fused-ring (bicyclic) bond motifs is 1. The Morgan fingerprint density at radius 1 is 1.11 bits per heavy atom. The van der Waals surface area contributed by atoms with E-state index in [0.717, 1.165) is 27.9 Å². The molecule has 2 atom stereocenters. The number of rotatable bonds is 6. The summed E-state index contributed by atoms with van der Waals surface area (Å²) in [5.74, 6) is 1.05. The van der Waals surface area contributed by atoms with Gasteiger partial charge >= 0.3 is 0 Å². The molecule has 0 spiro atoms. The van der Waals surface area contributed by atoms with Crippen molar-refractivity contribution in [1.82, 2.24) is 5.32 Å². The second-order valence-electron chi connectivity index (χ2n) is 9.17. The highest BCUT2D eigenvalue weighted by Gasteiger charge is 2.30. The van der Waals surface area contributed by atoms with Crippen molar-refractivity contribution < 1.29 is 19.4 Å². The summed E-state index contributed by atoms with van der Waals surface area (Å²) in [6.45, 7) is 5.79. The van der Waals surface area contributed by atoms with Gasteiger partial charge in [0.2, 0.25) is 11.8 Å². The molecule has 0 bridgehead atoms. The molecule has 0 radical (unpaired) electrons. The van der Waals surface area contributed by atoms with Crippen LogP contribution in [0.3, 0.4) is 0 Å². The van der Waals surface area contributed by atoms with Crippen molar-refractivity contribution in [3.63, 3.8) is 0 Å². The fourth-order valence-electron chi connectivity index (χ4n) is 4.65. The fraction of sp³-hybridized carbons (Fsp3) is 0.286. The number of halogens is 1. The Kier molecular flexibility index (Phi) is 7.52. The number of aryl methyl sites for hydroxylation is 2. The summed E-state index contributed by atoms with van der Waals surface area (Å²) >= 11 is 5.97. The first-order chi connectivity index (χ1) is 17.1. The Labute approximate surface area is 215 Å². The summed E-state index contributed by atoms with van der Waals surface area (Å²) in [7, 11) is 0. The maximum Gasteiger partial charge on any atom is 0.237 e. The van der Waals surface area contributed by atoms with Gasteiger partial charge in [0, 0.05) is 29.7 Å². The van der Waals surface area contributed by atoms with Crippen LogP contribution in [0.25, 0.3) is 0 Å². The standard InChI is InChI=1S/C28H30ClN3O4/c1-16-12-20(34)13-17(2)23(16)15-25(30)28(35)31-26-10-11-32(18(3)33)27-9-8-22(14-24(26)27)36-21-6-4-19(29)5-7-21/h4-9,12-14,25-26,34H,10-11,15,30H2,1-3H3,(H,31,35). The lowest BCUT2D eigenvalue weighted by molar-refractivity contribution is -0.123. The maximum atomic E-state index is 13.1. The number of nitrogens with two attached hydrogens (primary N) is 1. The topological polar surface area (TPSA) is 105 Å². The van der Waals surface area contributed by atoms with Gasteiger partial charge in [-0.15, -0.1) is 0 Å². The number of hydrogen-bond acceptors (Lipinski definition) is 5. The first-order valence-electron chi connectivity index (χ1n) is 11.8. The van der Waals surface area contributed by atoms with Crippen LogP contribution >= 0.6 is 11.6 Å². The molecule has 0 aliphatic carbocycles. The highest BCUT2D eigenvalue weighted by atomic mass is 35.5. The van der Waals surface area contributed by atoms with Crippen LogP contribution in [-0.4, -0.2) is 29.5 Å². The summed E-state index contributed by atoms with van der Waals surface area (Å²) < 4.78 is 5.99. The number of carbonyl (C=O) groups excluding carboxylic acids is 2. The van der Waals surface area contributed by atoms with Crippen LogP contribution in [0.5, 0.6) is 17.2 Å². The lowest BCUT2D eigenvalue weighted by Crippen LogP contribution is -2.46. The van der Waals surface area contributed by atoms with Crippen LogP contribution in [-0.2, 0) is 16.0 Å². The van der Waals surface area contributed by atoms with Gasteiger partial charge in [-0.3, -0.25) is 9.59 Å². The molecule has 3 aromatic carbocycles. The SMILES string of the molecule is CC(=O)N1CCC(NC(=O)C(N)Cc2c(C)cc(O)cc2C)c2cc(Oc3ccc(Cl)cc3)ccc21. The Morgan fingerprint density at radius 3 is 2.39 bits per heavy atom. The van der Waals surface area contributed by atoms with Crippen molar-refractivity contribution in [2.75, 3.05) is 11.4 Å². The zero-order valence-corrected chi connectivity index (χ0v) is 21.3. The van der Waals surface area contributed by atoms with Crippen molar-refractivity contribution in [1.29, 1.82) is 0 Å². The van der Waals surface area contributed by atoms with Crippen LogP contribution in [0.4, 0.5) is 5.69 Å². The molecule has 1 aliphatic rings. The first-order valence-corrected chi connectivity index (χ1v) is 12.2. The van der Waals surface area contributed by atoms with E-state index in [1.165, 1.54) is 6.92 Å². The average Bonchev–Trinajstić information content (AvgIpc) is 2.82. The van der Waals surface area contributed by atoms with E-state index in [9.17, 15) is 14.7 Å². The largest absolute Gasteiger partial charge is 0.508 e. The molecule has 188 valence electrons. The molecule has 4 N–H and O–H groups in total. The van der Waals surface area contributed by atoms with Crippen molar-refractivity contribution in [2.24, 2.45) is 5.73 Å². The first kappa shape index (κ1) is 25.5. The lowest BCUT2D eigenvalue weighted by Gasteiger charge is -2.35. The minimum absolute atomic E-state index is 0.0672. The van der Waals surface area contributed by atoms with Gasteiger partial charge in [0.05, 0.1) is 12.1 Å². The number of ether oxygens (including phenoxy) is 1. The smallest absolute Gasteiger partial charge is 0.237 e. The number of phenolic OH excluding ortho intramolecular Hbond substituents is 1. The van der Waals surface area contributed by atoms with Gasteiger partial charge in [-0.25, -0.2) is 0 Å². The van der Waals surface area contributed by atoms with Crippen molar-refractivity contribution in [3.05, 3.63) is 81.9 Å². The Bertz CT molecular complexity index is 1270. The molecule has 2 unspecified atom stereocenters. The summed E-state index contributed by atoms with van der Waals surface area (Å²) in [5, 5.41) is 13.5. The summed E-state index contributed by atoms with van der Waals surface area (Å²) in [6, 6.07) is 14.8. The number of anilines is 1. The molecule has 36 heavy (non-hydrogen) atoms. The molecule has 3 aromatic rings. The molecule has 8 heteroatoms. The molecule has 0 fully saturated rings. The molecule has 7 nitrogen and oxygen atoms in total. The van der Waals surface area contributed by atoms with Gasteiger partial charge in [-0.2, -0.15) is 0 Å². The van der Waals surface area contributed by atoms with Crippen LogP contribution < -0.4 is 20.7 Å². The number of amides is 2. The van der Waals surface area contributed by atoms with E-state index in [1.54, 1.807) is 47.4 Å². The third kappa shape index (κ3) is 5.64. The highest BCUT2D eigenvalue weighted by Crippen LogP contribution is 2.38. The molecule has 1 aliphatic heterocycles. The Morgan fingerprint density at radius 2 is 1.75 bits per heavy atom. The van der Waals surface area contributed by atoms with Gasteiger partial charge < -0.3 is 25.8 Å². The summed E-state index contributed by atoms with van der Waals surface area (Å²) in [6.07, 6.45) is 0.898. The van der Waals surface area contributed by atoms with Crippen molar-refractivity contribution in [3.8, 4) is 17.2 Å². The summed E-state index contributed by atoms with van der Waals surface area (Å²) in [4.78, 5) is 27.1. The summed E-state index contributed by atoms with van der Waals surface area (Å²) in [5.41, 5.74) is 10.6. The average molecular weight is 508 g/mol. The Hall–Kier alpha value is -3.55. The van der Waals surface area contributed by atoms with E-state index in [1.807, 2.05) is 26.0 Å². The maximum absolute atomic E-state index is 13.1. The monoisotopic (exact) mass is 507 g/mol. The van der Waals surface area contributed by atoms with Crippen LogP contribution in [0.2, 0.25) is 5.02 Å². The number of hydrogen-bond donors (Lipinski definition) is 3. The molecule has 1 heterocycles. The second-order valence-corrected chi connectivity index (χ2v) is 9.60. The van der Waals surface area contributed by atoms with Crippen molar-refractivity contribution in [2.45, 2.75) is 45.7 Å². The molecular formula is C28H30ClN3O4. The number of phenols is 1. The lowest BCUT2D eigenvalue weighted by atomic mass is 9.94. The predicted octanol–water partition coefficient (Wildman–Crippen LogP) is 4.94. The van der Waals surface area contributed by atoms with E-state index < -0.39 is 6.04 Å². The second kappa shape index (κ2) is 10.6. The van der Waals surface area contributed by atoms with Gasteiger partial charge in [-0.1, -0.05) is 11.6 Å². The number of benzene rings is 3. The van der Waals surface area contributed by atoms with E-state index >= 15 is 0 Å². The van der Waals surface area contributed by atoms with Crippen molar-refractivity contribution >= 4 is 29.1 Å². The fourth-order valence-corrected chi connectivity index (χ4v) is 4.78. The highest BCUT2D eigenvalue weighted by molar-refractivity contribution is 6.30. The number of nitrogens with one attached hydrogen (secondary N) is 1. The minimum atomic E-state index is -0.769. The van der Waals surface area contributed by atoms with Gasteiger partial charge in [0.25, 0.3) is 0 Å². The molecule has 2 amide bonds. The van der Waals surface area contributed by atoms with E-state index in [2.05, 4.69) is 5.32 Å².